The van der Waals surface area contributed by atoms with Crippen LogP contribution in [0.15, 0.2) is 24.3 Å². The lowest BCUT2D eigenvalue weighted by molar-refractivity contribution is 0.00578. The fraction of sp³-hybridized carbons (Fsp3) is 0.750. The van der Waals surface area contributed by atoms with Crippen LogP contribution in [0.3, 0.4) is 0 Å². The highest BCUT2D eigenvalue weighted by molar-refractivity contribution is 7.92. The lowest BCUT2D eigenvalue weighted by atomic mass is 9.79. The summed E-state index contributed by atoms with van der Waals surface area (Å²) in [5, 5.41) is 0. The van der Waals surface area contributed by atoms with Gasteiger partial charge >= 0.3 is 7.12 Å². The van der Waals surface area contributed by atoms with Crippen LogP contribution in [0.4, 0.5) is 5.69 Å². The van der Waals surface area contributed by atoms with E-state index in [0.717, 1.165) is 38.1 Å². The normalized spacial score (nSPS) is 21.6. The number of likely N-dealkylation sites (N-methyl/N-ethyl adjacent to an activating group) is 1. The van der Waals surface area contributed by atoms with Gasteiger partial charge in [0.25, 0.3) is 0 Å². The summed E-state index contributed by atoms with van der Waals surface area (Å²) in [6.45, 7) is 17.1. The van der Waals surface area contributed by atoms with Gasteiger partial charge in [-0.2, -0.15) is 0 Å². The molecule has 0 aliphatic carbocycles. The monoisotopic (exact) mass is 479 g/mol. The van der Waals surface area contributed by atoms with Gasteiger partial charge in [0.2, 0.25) is 10.0 Å². The molecular weight excluding hydrogens is 437 g/mol. The summed E-state index contributed by atoms with van der Waals surface area (Å²) in [5.41, 5.74) is 0.617. The van der Waals surface area contributed by atoms with Gasteiger partial charge in [-0.05, 0) is 84.2 Å². The third-order valence-corrected chi connectivity index (χ3v) is 8.68. The minimum absolute atomic E-state index is 0.0797. The molecule has 1 N–H and O–H groups in total. The summed E-state index contributed by atoms with van der Waals surface area (Å²) in [7, 11) is -3.90. The fourth-order valence-electron chi connectivity index (χ4n) is 4.52. The van der Waals surface area contributed by atoms with Gasteiger partial charge in [0.05, 0.1) is 17.0 Å². The minimum atomic E-state index is -3.45. The average molecular weight is 479 g/mol. The molecule has 1 aromatic carbocycles. The molecule has 2 saturated heterocycles. The van der Waals surface area contributed by atoms with Crippen molar-refractivity contribution in [3.8, 4) is 0 Å². The third-order valence-electron chi connectivity index (χ3n) is 7.42. The molecule has 0 unspecified atom stereocenters. The molecule has 1 atom stereocenters. The van der Waals surface area contributed by atoms with Crippen molar-refractivity contribution >= 4 is 28.3 Å². The molecule has 2 aliphatic heterocycles. The van der Waals surface area contributed by atoms with E-state index in [-0.39, 0.29) is 5.75 Å². The highest BCUT2D eigenvalue weighted by atomic mass is 32.2. The summed E-state index contributed by atoms with van der Waals surface area (Å²) in [6, 6.07) is 7.67. The Hall–Kier alpha value is -1.13. The SMILES string of the molecule is CC[C@@H](CN1CCCC1)N(CC)CCS(=O)(=O)Nc1ccc(B2OC(C)(C)C(C)(C)O2)cc1. The average Bonchev–Trinajstić information content (AvgIpc) is 3.32. The second-order valence-electron chi connectivity index (χ2n) is 10.3. The number of sulfonamides is 1. The number of benzene rings is 1. The molecule has 33 heavy (non-hydrogen) atoms. The van der Waals surface area contributed by atoms with Crippen molar-refractivity contribution in [2.75, 3.05) is 43.2 Å². The van der Waals surface area contributed by atoms with Gasteiger partial charge in [-0.25, -0.2) is 8.42 Å². The number of nitrogens with one attached hydrogen (secondary N) is 1. The predicted octanol–water partition coefficient (Wildman–Crippen LogP) is 2.92. The Labute approximate surface area is 201 Å². The fourth-order valence-corrected chi connectivity index (χ4v) is 5.59. The molecule has 0 aromatic heterocycles. The summed E-state index contributed by atoms with van der Waals surface area (Å²) >= 11 is 0. The number of hydrogen-bond donors (Lipinski definition) is 1. The Balaban J connectivity index is 1.55. The molecule has 2 heterocycles. The lowest BCUT2D eigenvalue weighted by Crippen LogP contribution is -2.45. The summed E-state index contributed by atoms with van der Waals surface area (Å²) < 4.78 is 40.5. The standard InChI is InChI=1S/C24H42BN3O4S/c1-7-22(19-27-15-9-10-16-27)28(8-2)17-18-33(29,30)26-21-13-11-20(12-14-21)25-31-23(3,4)24(5,6)32-25/h11-14,22,26H,7-10,15-19H2,1-6H3/t22-/m0/s1. The van der Waals surface area contributed by atoms with Gasteiger partial charge in [-0.1, -0.05) is 26.0 Å². The van der Waals surface area contributed by atoms with Gasteiger partial charge in [-0.3, -0.25) is 9.62 Å². The van der Waals surface area contributed by atoms with Gasteiger partial charge in [0, 0.05) is 24.8 Å². The van der Waals surface area contributed by atoms with Crippen LogP contribution in [-0.2, 0) is 19.3 Å². The molecule has 9 heteroatoms. The van der Waals surface area contributed by atoms with E-state index in [2.05, 4.69) is 28.4 Å². The van der Waals surface area contributed by atoms with E-state index in [9.17, 15) is 8.42 Å². The van der Waals surface area contributed by atoms with Crippen LogP contribution in [0.2, 0.25) is 0 Å². The van der Waals surface area contributed by atoms with Crippen LogP contribution in [0.1, 0.15) is 60.8 Å². The second kappa shape index (κ2) is 10.6. The zero-order chi connectivity index (χ0) is 24.3. The lowest BCUT2D eigenvalue weighted by Gasteiger charge is -2.33. The van der Waals surface area contributed by atoms with E-state index in [0.29, 0.717) is 18.3 Å². The maximum atomic E-state index is 12.8. The van der Waals surface area contributed by atoms with Crippen LogP contribution in [-0.4, -0.2) is 81.1 Å². The minimum Gasteiger partial charge on any atom is -0.399 e. The first-order valence-electron chi connectivity index (χ1n) is 12.4. The maximum absolute atomic E-state index is 12.8. The molecule has 1 aromatic rings. The van der Waals surface area contributed by atoms with Gasteiger partial charge in [-0.15, -0.1) is 0 Å². The quantitative estimate of drug-likeness (QED) is 0.493. The van der Waals surface area contributed by atoms with Gasteiger partial charge in [0.1, 0.15) is 0 Å². The molecular formula is C24H42BN3O4S. The molecule has 0 saturated carbocycles. The summed E-state index contributed by atoms with van der Waals surface area (Å²) in [6.07, 6.45) is 3.57. The van der Waals surface area contributed by atoms with Crippen molar-refractivity contribution in [3.05, 3.63) is 24.3 Å². The van der Waals surface area contributed by atoms with Crippen LogP contribution < -0.4 is 10.2 Å². The van der Waals surface area contributed by atoms with E-state index in [1.54, 1.807) is 12.1 Å². The van der Waals surface area contributed by atoms with Crippen molar-refractivity contribution in [2.24, 2.45) is 0 Å². The number of rotatable bonds is 11. The highest BCUT2D eigenvalue weighted by Crippen LogP contribution is 2.36. The smallest absolute Gasteiger partial charge is 0.399 e. The third kappa shape index (κ3) is 6.72. The second-order valence-corrected chi connectivity index (χ2v) is 12.2. The van der Waals surface area contributed by atoms with E-state index in [1.807, 2.05) is 39.8 Å². The van der Waals surface area contributed by atoms with E-state index < -0.39 is 28.3 Å². The van der Waals surface area contributed by atoms with E-state index >= 15 is 0 Å². The van der Waals surface area contributed by atoms with Crippen LogP contribution in [0.25, 0.3) is 0 Å². The van der Waals surface area contributed by atoms with Crippen molar-refractivity contribution in [2.45, 2.75) is 78.0 Å². The van der Waals surface area contributed by atoms with E-state index in [1.165, 1.54) is 12.8 Å². The molecule has 7 nitrogen and oxygen atoms in total. The Morgan fingerprint density at radius 1 is 1.06 bits per heavy atom. The number of nitrogens with zero attached hydrogens (tertiary/aromatic N) is 2. The first-order chi connectivity index (χ1) is 15.5. The number of hydrogen-bond acceptors (Lipinski definition) is 6. The molecule has 186 valence electrons. The zero-order valence-electron chi connectivity index (χ0n) is 21.3. The van der Waals surface area contributed by atoms with Crippen molar-refractivity contribution in [1.29, 1.82) is 0 Å². The molecule has 0 amide bonds. The zero-order valence-corrected chi connectivity index (χ0v) is 22.1. The number of anilines is 1. The number of likely N-dealkylation sites (tertiary alicyclic amines) is 1. The van der Waals surface area contributed by atoms with Crippen LogP contribution in [0, 0.1) is 0 Å². The highest BCUT2D eigenvalue weighted by Gasteiger charge is 2.51. The van der Waals surface area contributed by atoms with Crippen molar-refractivity contribution in [1.82, 2.24) is 9.80 Å². The molecule has 0 bridgehead atoms. The molecule has 2 fully saturated rings. The topological polar surface area (TPSA) is 71.1 Å². The van der Waals surface area contributed by atoms with Crippen LogP contribution >= 0.6 is 0 Å². The largest absolute Gasteiger partial charge is 0.494 e. The Kier molecular flexibility index (Phi) is 8.54. The van der Waals surface area contributed by atoms with Crippen molar-refractivity contribution < 1.29 is 17.7 Å². The van der Waals surface area contributed by atoms with Gasteiger partial charge in [0.15, 0.2) is 0 Å². The Bertz CT molecular complexity index is 854. The first-order valence-corrected chi connectivity index (χ1v) is 14.0. The Morgan fingerprint density at radius 2 is 1.64 bits per heavy atom. The molecule has 3 rings (SSSR count). The van der Waals surface area contributed by atoms with Crippen LogP contribution in [0.5, 0.6) is 0 Å². The van der Waals surface area contributed by atoms with Crippen molar-refractivity contribution in [3.63, 3.8) is 0 Å². The molecule has 0 radical (unpaired) electrons. The predicted molar refractivity (Wildman–Crippen MR) is 137 cm³/mol. The molecule has 0 spiro atoms. The maximum Gasteiger partial charge on any atom is 0.494 e. The van der Waals surface area contributed by atoms with E-state index in [4.69, 9.17) is 9.31 Å². The molecule has 2 aliphatic rings. The summed E-state index contributed by atoms with van der Waals surface area (Å²) in [5.74, 6) is 0.0797. The first kappa shape index (κ1) is 26.5. The summed E-state index contributed by atoms with van der Waals surface area (Å²) in [4.78, 5) is 4.81. The van der Waals surface area contributed by atoms with Gasteiger partial charge < -0.3 is 14.2 Å². The Morgan fingerprint density at radius 3 is 2.15 bits per heavy atom.